The Hall–Kier alpha value is -2.66. The number of nitrogens with two attached hydrogens (primary N) is 1. The number of hydrogen-bond donors (Lipinski definition) is 1. The number of nitrogen functional groups attached to an aromatic ring is 1. The molecule has 0 spiro atoms. The van der Waals surface area contributed by atoms with Gasteiger partial charge in [0, 0.05) is 22.8 Å². The highest BCUT2D eigenvalue weighted by molar-refractivity contribution is 6.30. The molecule has 2 N–H and O–H groups in total. The van der Waals surface area contributed by atoms with E-state index < -0.39 is 0 Å². The summed E-state index contributed by atoms with van der Waals surface area (Å²) in [7, 11) is 1.63. The molecule has 1 aliphatic rings. The van der Waals surface area contributed by atoms with E-state index in [4.69, 9.17) is 26.8 Å². The molecule has 0 radical (unpaired) electrons. The van der Waals surface area contributed by atoms with E-state index in [9.17, 15) is 4.79 Å². The summed E-state index contributed by atoms with van der Waals surface area (Å²) in [5, 5.41) is 0.635. The van der Waals surface area contributed by atoms with Crippen molar-refractivity contribution in [1.29, 1.82) is 0 Å². The van der Waals surface area contributed by atoms with Crippen molar-refractivity contribution in [3.05, 3.63) is 64.7 Å². The monoisotopic (exact) mass is 400 g/mol. The highest BCUT2D eigenvalue weighted by Gasteiger charge is 2.29. The predicted octanol–water partition coefficient (Wildman–Crippen LogP) is 5.31. The van der Waals surface area contributed by atoms with Crippen molar-refractivity contribution in [3.63, 3.8) is 0 Å². The molecule has 5 nitrogen and oxygen atoms in total. The lowest BCUT2D eigenvalue weighted by atomic mass is 9.92. The molecule has 148 valence electrons. The van der Waals surface area contributed by atoms with Gasteiger partial charge in [0.1, 0.15) is 5.75 Å². The Morgan fingerprint density at radius 3 is 2.68 bits per heavy atom. The topological polar surface area (TPSA) is 64.8 Å². The first kappa shape index (κ1) is 20.1. The van der Waals surface area contributed by atoms with Crippen molar-refractivity contribution in [3.8, 4) is 5.75 Å². The van der Waals surface area contributed by atoms with Crippen LogP contribution in [0.5, 0.6) is 5.75 Å². The highest BCUT2D eigenvalue weighted by Crippen LogP contribution is 2.37. The van der Waals surface area contributed by atoms with Gasteiger partial charge in [-0.2, -0.15) is 0 Å². The van der Waals surface area contributed by atoms with E-state index in [1.54, 1.807) is 18.1 Å². The van der Waals surface area contributed by atoms with Crippen LogP contribution in [0.25, 0.3) is 5.57 Å². The quantitative estimate of drug-likeness (QED) is 0.691. The number of ether oxygens (including phenoxy) is 2. The Kier molecular flexibility index (Phi) is 6.47. The van der Waals surface area contributed by atoms with Crippen LogP contribution >= 0.6 is 11.6 Å². The summed E-state index contributed by atoms with van der Waals surface area (Å²) in [4.78, 5) is 14.4. The lowest BCUT2D eigenvalue weighted by Crippen LogP contribution is -2.38. The predicted molar refractivity (Wildman–Crippen MR) is 113 cm³/mol. The molecule has 0 saturated heterocycles. The van der Waals surface area contributed by atoms with Crippen LogP contribution in [-0.2, 0) is 4.74 Å². The molecular weight excluding hydrogens is 376 g/mol. The van der Waals surface area contributed by atoms with Crippen LogP contribution in [-0.4, -0.2) is 31.3 Å². The third-order valence-electron chi connectivity index (χ3n) is 4.80. The largest absolute Gasteiger partial charge is 0.497 e. The van der Waals surface area contributed by atoms with Crippen LogP contribution in [0, 0.1) is 0 Å². The fourth-order valence-corrected chi connectivity index (χ4v) is 3.50. The molecule has 6 heteroatoms. The van der Waals surface area contributed by atoms with Crippen molar-refractivity contribution in [2.75, 3.05) is 26.0 Å². The average molecular weight is 401 g/mol. The molecule has 1 aliphatic heterocycles. The number of halogens is 1. The first-order chi connectivity index (χ1) is 13.5. The maximum absolute atomic E-state index is 12.6. The van der Waals surface area contributed by atoms with Crippen LogP contribution in [0.1, 0.15) is 36.9 Å². The number of nitrogens with zero attached hydrogens (tertiary/aromatic N) is 1. The van der Waals surface area contributed by atoms with E-state index in [-0.39, 0.29) is 12.1 Å². The zero-order valence-electron chi connectivity index (χ0n) is 16.2. The van der Waals surface area contributed by atoms with Gasteiger partial charge in [-0.25, -0.2) is 4.79 Å². The Morgan fingerprint density at radius 2 is 2.00 bits per heavy atom. The van der Waals surface area contributed by atoms with Gasteiger partial charge in [-0.1, -0.05) is 36.7 Å². The lowest BCUT2D eigenvalue weighted by Gasteiger charge is -2.34. The summed E-state index contributed by atoms with van der Waals surface area (Å²) >= 11 is 6.18. The second-order valence-electron chi connectivity index (χ2n) is 6.70. The molecule has 3 rings (SSSR count). The first-order valence-electron chi connectivity index (χ1n) is 9.37. The molecule has 1 amide bonds. The van der Waals surface area contributed by atoms with Crippen LogP contribution in [0.15, 0.2) is 48.5 Å². The number of carbonyl (C=O) groups excluding carboxylic acids is 1. The van der Waals surface area contributed by atoms with Crippen LogP contribution in [0.3, 0.4) is 0 Å². The molecule has 2 aromatic rings. The second kappa shape index (κ2) is 9.02. The van der Waals surface area contributed by atoms with Gasteiger partial charge in [0.2, 0.25) is 0 Å². The second-order valence-corrected chi connectivity index (χ2v) is 7.14. The number of anilines is 1. The molecule has 0 saturated carbocycles. The number of benzene rings is 2. The van der Waals surface area contributed by atoms with E-state index in [2.05, 4.69) is 6.08 Å². The van der Waals surface area contributed by atoms with Gasteiger partial charge in [0.15, 0.2) is 0 Å². The molecule has 0 bridgehead atoms. The summed E-state index contributed by atoms with van der Waals surface area (Å²) in [6, 6.07) is 12.9. The molecule has 0 aliphatic carbocycles. The maximum atomic E-state index is 12.6. The summed E-state index contributed by atoms with van der Waals surface area (Å²) in [6.07, 6.45) is 3.23. The lowest BCUT2D eigenvalue weighted by molar-refractivity contribution is 0.0924. The van der Waals surface area contributed by atoms with E-state index >= 15 is 0 Å². The molecule has 1 unspecified atom stereocenters. The van der Waals surface area contributed by atoms with Gasteiger partial charge < -0.3 is 15.2 Å². The Morgan fingerprint density at radius 1 is 1.25 bits per heavy atom. The molecule has 0 aromatic heterocycles. The Balaban J connectivity index is 1.99. The summed E-state index contributed by atoms with van der Waals surface area (Å²) in [6.45, 7) is 2.92. The average Bonchev–Trinajstić information content (AvgIpc) is 2.73. The molecule has 2 aromatic carbocycles. The summed E-state index contributed by atoms with van der Waals surface area (Å²) < 4.78 is 10.6. The summed E-state index contributed by atoms with van der Waals surface area (Å²) in [5.41, 5.74) is 9.81. The standard InChI is InChI=1S/C22H25ClN2O3/c1-3-12-28-22(26)25-11-10-16(19-14-17(23)6-9-20(19)24)13-21(25)15-4-7-18(27-2)8-5-15/h4-9,13-14,21H,3,10-12,24H2,1-2H3. The number of hydrogen-bond acceptors (Lipinski definition) is 4. The van der Waals surface area contributed by atoms with Gasteiger partial charge >= 0.3 is 6.09 Å². The highest BCUT2D eigenvalue weighted by atomic mass is 35.5. The number of methoxy groups -OCH3 is 1. The normalized spacial score (nSPS) is 16.5. The Labute approximate surface area is 170 Å². The van der Waals surface area contributed by atoms with Gasteiger partial charge in [-0.05, 0) is 54.3 Å². The molecule has 1 heterocycles. The van der Waals surface area contributed by atoms with Gasteiger partial charge in [-0.15, -0.1) is 0 Å². The van der Waals surface area contributed by atoms with Gasteiger partial charge in [-0.3, -0.25) is 4.90 Å². The van der Waals surface area contributed by atoms with Gasteiger partial charge in [0.05, 0.1) is 19.8 Å². The molecular formula is C22H25ClN2O3. The number of rotatable bonds is 5. The number of amides is 1. The van der Waals surface area contributed by atoms with Crippen molar-refractivity contribution in [1.82, 2.24) is 4.90 Å². The minimum atomic E-state index is -0.308. The van der Waals surface area contributed by atoms with Crippen molar-refractivity contribution in [2.45, 2.75) is 25.8 Å². The van der Waals surface area contributed by atoms with Crippen molar-refractivity contribution >= 4 is 29.0 Å². The van der Waals surface area contributed by atoms with E-state index in [1.807, 2.05) is 43.3 Å². The SMILES string of the molecule is CCCOC(=O)N1CCC(c2cc(Cl)ccc2N)=CC1c1ccc(OC)cc1. The summed E-state index contributed by atoms with van der Waals surface area (Å²) in [5.74, 6) is 0.767. The number of carbonyl (C=O) groups is 1. The smallest absolute Gasteiger partial charge is 0.410 e. The van der Waals surface area contributed by atoms with Crippen molar-refractivity contribution < 1.29 is 14.3 Å². The Bertz CT molecular complexity index is 865. The van der Waals surface area contributed by atoms with E-state index in [0.29, 0.717) is 30.3 Å². The van der Waals surface area contributed by atoms with Crippen LogP contribution in [0.4, 0.5) is 10.5 Å². The molecule has 28 heavy (non-hydrogen) atoms. The minimum absolute atomic E-state index is 0.252. The first-order valence-corrected chi connectivity index (χ1v) is 9.74. The van der Waals surface area contributed by atoms with Crippen LogP contribution in [0.2, 0.25) is 5.02 Å². The minimum Gasteiger partial charge on any atom is -0.497 e. The molecule has 1 atom stereocenters. The van der Waals surface area contributed by atoms with Crippen molar-refractivity contribution in [2.24, 2.45) is 0 Å². The van der Waals surface area contributed by atoms with E-state index in [1.165, 1.54) is 0 Å². The van der Waals surface area contributed by atoms with Crippen LogP contribution < -0.4 is 10.5 Å². The molecule has 0 fully saturated rings. The van der Waals surface area contributed by atoms with E-state index in [0.717, 1.165) is 28.9 Å². The zero-order chi connectivity index (χ0) is 20.1. The zero-order valence-corrected chi connectivity index (χ0v) is 16.9. The third kappa shape index (κ3) is 4.42. The fraction of sp³-hybridized carbons (Fsp3) is 0.318. The van der Waals surface area contributed by atoms with Gasteiger partial charge in [0.25, 0.3) is 0 Å². The third-order valence-corrected chi connectivity index (χ3v) is 5.03. The fourth-order valence-electron chi connectivity index (χ4n) is 3.33. The maximum Gasteiger partial charge on any atom is 0.410 e.